The Morgan fingerprint density at radius 3 is 2.33 bits per heavy atom. The molecule has 0 aliphatic carbocycles. The lowest BCUT2D eigenvalue weighted by molar-refractivity contribution is 0.136. The lowest BCUT2D eigenvalue weighted by atomic mass is 10.0. The highest BCUT2D eigenvalue weighted by Gasteiger charge is 2.04. The summed E-state index contributed by atoms with van der Waals surface area (Å²) in [5.74, 6) is 0.390. The summed E-state index contributed by atoms with van der Waals surface area (Å²) >= 11 is 0. The first-order valence-corrected chi connectivity index (χ1v) is 3.47. The molecule has 0 aromatic heterocycles. The molecule has 0 rings (SSSR count). The fourth-order valence-electron chi connectivity index (χ4n) is 0.548. The Hall–Kier alpha value is -0.300. The second-order valence-electron chi connectivity index (χ2n) is 2.52. The lowest BCUT2D eigenvalue weighted by Gasteiger charge is -2.10. The summed E-state index contributed by atoms with van der Waals surface area (Å²) in [7, 11) is 0. The Balaban J connectivity index is 3.38. The van der Waals surface area contributed by atoms with Gasteiger partial charge in [0.2, 0.25) is 0 Å². The predicted octanol–water partition coefficient (Wildman–Crippen LogP) is 1.97. The van der Waals surface area contributed by atoms with Crippen LogP contribution in [0.4, 0.5) is 0 Å². The number of rotatable bonds is 3. The molecule has 0 aliphatic heterocycles. The third-order valence-electron chi connectivity index (χ3n) is 1.57. The Bertz CT molecular complexity index is 84.6. The first-order chi connectivity index (χ1) is 4.18. The smallest absolute Gasteiger partial charge is 0.0540 e. The Kier molecular flexibility index (Phi) is 4.41. The van der Waals surface area contributed by atoms with Gasteiger partial charge in [-0.05, 0) is 26.2 Å². The third kappa shape index (κ3) is 4.22. The molecule has 1 unspecified atom stereocenters. The van der Waals surface area contributed by atoms with Crippen LogP contribution in [0.25, 0.3) is 0 Å². The van der Waals surface area contributed by atoms with Crippen molar-refractivity contribution in [2.75, 3.05) is 0 Å². The molecule has 0 bridgehead atoms. The molecule has 0 aliphatic rings. The van der Waals surface area contributed by atoms with Crippen LogP contribution in [0.1, 0.15) is 27.2 Å². The second-order valence-corrected chi connectivity index (χ2v) is 2.52. The maximum atomic E-state index is 9.01. The zero-order chi connectivity index (χ0) is 7.28. The van der Waals surface area contributed by atoms with Gasteiger partial charge in [-0.2, -0.15) is 0 Å². The van der Waals surface area contributed by atoms with Crippen molar-refractivity contribution < 1.29 is 5.11 Å². The van der Waals surface area contributed by atoms with E-state index in [1.54, 1.807) is 0 Å². The van der Waals surface area contributed by atoms with Crippen molar-refractivity contribution in [3.05, 3.63) is 12.2 Å². The van der Waals surface area contributed by atoms with E-state index in [-0.39, 0.29) is 6.10 Å². The van der Waals surface area contributed by atoms with E-state index in [1.165, 1.54) is 0 Å². The maximum absolute atomic E-state index is 9.01. The Morgan fingerprint density at radius 2 is 2.00 bits per heavy atom. The molecule has 0 aromatic rings. The van der Waals surface area contributed by atoms with Gasteiger partial charge in [0, 0.05) is 0 Å². The number of allylic oxidation sites excluding steroid dienone is 2. The summed E-state index contributed by atoms with van der Waals surface area (Å²) in [5.41, 5.74) is 0. The highest BCUT2D eigenvalue weighted by atomic mass is 16.3. The molecular formula is C8H16O. The molecule has 1 N–H and O–H groups in total. The summed E-state index contributed by atoms with van der Waals surface area (Å²) in [5, 5.41) is 9.01. The molecule has 0 heterocycles. The number of hydrogen-bond donors (Lipinski definition) is 1. The minimum atomic E-state index is -0.179. The average Bonchev–Trinajstić information content (AvgIpc) is 1.82. The van der Waals surface area contributed by atoms with Gasteiger partial charge >= 0.3 is 0 Å². The molecule has 0 radical (unpaired) electrons. The highest BCUT2D eigenvalue weighted by Crippen LogP contribution is 2.07. The van der Waals surface area contributed by atoms with Crippen molar-refractivity contribution in [1.82, 2.24) is 0 Å². The van der Waals surface area contributed by atoms with Crippen molar-refractivity contribution in [3.8, 4) is 0 Å². The van der Waals surface area contributed by atoms with Crippen molar-refractivity contribution in [3.63, 3.8) is 0 Å². The zero-order valence-corrected chi connectivity index (χ0v) is 6.46. The van der Waals surface area contributed by atoms with Crippen LogP contribution in [0.5, 0.6) is 0 Å². The van der Waals surface area contributed by atoms with Gasteiger partial charge in [-0.15, -0.1) is 0 Å². The van der Waals surface area contributed by atoms with Gasteiger partial charge in [0.1, 0.15) is 0 Å². The van der Waals surface area contributed by atoms with Crippen LogP contribution in [-0.2, 0) is 0 Å². The average molecular weight is 128 g/mol. The van der Waals surface area contributed by atoms with Crippen LogP contribution in [0.15, 0.2) is 12.2 Å². The Labute approximate surface area is 57.4 Å². The van der Waals surface area contributed by atoms with Crippen LogP contribution in [0.2, 0.25) is 0 Å². The SMILES string of the molecule is C/C=C/C[C@@H](C)C(C)O. The van der Waals surface area contributed by atoms with E-state index >= 15 is 0 Å². The largest absolute Gasteiger partial charge is 0.393 e. The summed E-state index contributed by atoms with van der Waals surface area (Å²) in [4.78, 5) is 0. The van der Waals surface area contributed by atoms with Gasteiger partial charge in [-0.1, -0.05) is 19.1 Å². The zero-order valence-electron chi connectivity index (χ0n) is 6.46. The van der Waals surface area contributed by atoms with Crippen LogP contribution in [-0.4, -0.2) is 11.2 Å². The minimum Gasteiger partial charge on any atom is -0.393 e. The molecule has 0 spiro atoms. The van der Waals surface area contributed by atoms with E-state index in [9.17, 15) is 0 Å². The molecule has 1 nitrogen and oxygen atoms in total. The van der Waals surface area contributed by atoms with Crippen LogP contribution >= 0.6 is 0 Å². The van der Waals surface area contributed by atoms with Gasteiger partial charge in [-0.25, -0.2) is 0 Å². The number of hydrogen-bond acceptors (Lipinski definition) is 1. The summed E-state index contributed by atoms with van der Waals surface area (Å²) in [6, 6.07) is 0. The summed E-state index contributed by atoms with van der Waals surface area (Å²) < 4.78 is 0. The molecule has 2 atom stereocenters. The first-order valence-electron chi connectivity index (χ1n) is 3.47. The third-order valence-corrected chi connectivity index (χ3v) is 1.57. The van der Waals surface area contributed by atoms with E-state index < -0.39 is 0 Å². The molecule has 0 fully saturated rings. The van der Waals surface area contributed by atoms with E-state index in [4.69, 9.17) is 5.11 Å². The van der Waals surface area contributed by atoms with Crippen molar-refractivity contribution in [2.24, 2.45) is 5.92 Å². The topological polar surface area (TPSA) is 20.2 Å². The van der Waals surface area contributed by atoms with Crippen molar-refractivity contribution in [2.45, 2.75) is 33.3 Å². The molecular weight excluding hydrogens is 112 g/mol. The van der Waals surface area contributed by atoms with Gasteiger partial charge in [0.05, 0.1) is 6.10 Å². The van der Waals surface area contributed by atoms with E-state index in [0.717, 1.165) is 6.42 Å². The van der Waals surface area contributed by atoms with Gasteiger partial charge in [0.15, 0.2) is 0 Å². The quantitative estimate of drug-likeness (QED) is 0.576. The highest BCUT2D eigenvalue weighted by molar-refractivity contribution is 4.80. The monoisotopic (exact) mass is 128 g/mol. The van der Waals surface area contributed by atoms with Gasteiger partial charge in [0.25, 0.3) is 0 Å². The van der Waals surface area contributed by atoms with E-state index in [2.05, 4.69) is 6.08 Å². The van der Waals surface area contributed by atoms with Crippen LogP contribution in [0.3, 0.4) is 0 Å². The fourth-order valence-corrected chi connectivity index (χ4v) is 0.548. The number of aliphatic hydroxyl groups excluding tert-OH is 1. The molecule has 0 saturated carbocycles. The van der Waals surface area contributed by atoms with E-state index in [0.29, 0.717) is 5.92 Å². The second kappa shape index (κ2) is 4.57. The molecule has 0 saturated heterocycles. The first kappa shape index (κ1) is 8.70. The molecule has 0 aromatic carbocycles. The van der Waals surface area contributed by atoms with Gasteiger partial charge in [-0.3, -0.25) is 0 Å². The maximum Gasteiger partial charge on any atom is 0.0540 e. The molecule has 1 heteroatoms. The summed E-state index contributed by atoms with van der Waals surface area (Å²) in [6.07, 6.45) is 4.89. The van der Waals surface area contributed by atoms with Crippen molar-refractivity contribution >= 4 is 0 Å². The van der Waals surface area contributed by atoms with Gasteiger partial charge < -0.3 is 5.11 Å². The summed E-state index contributed by atoms with van der Waals surface area (Å²) in [6.45, 7) is 5.87. The normalized spacial score (nSPS) is 18.2. The molecule has 54 valence electrons. The standard InChI is InChI=1S/C8H16O/c1-4-5-6-7(2)8(3)9/h4-5,7-9H,6H2,1-3H3/b5-4+/t7-,8?/m1/s1. The molecule has 9 heavy (non-hydrogen) atoms. The minimum absolute atomic E-state index is 0.179. The number of aliphatic hydroxyl groups is 1. The molecule has 0 amide bonds. The fraction of sp³-hybridized carbons (Fsp3) is 0.750. The van der Waals surface area contributed by atoms with E-state index in [1.807, 2.05) is 26.8 Å². The lowest BCUT2D eigenvalue weighted by Crippen LogP contribution is -2.11. The van der Waals surface area contributed by atoms with Crippen molar-refractivity contribution in [1.29, 1.82) is 0 Å². The van der Waals surface area contributed by atoms with Crippen LogP contribution in [0, 0.1) is 5.92 Å². The Morgan fingerprint density at radius 1 is 1.44 bits per heavy atom. The van der Waals surface area contributed by atoms with Crippen LogP contribution < -0.4 is 0 Å². The predicted molar refractivity (Wildman–Crippen MR) is 40.3 cm³/mol.